The number of benzene rings is 1. The Kier molecular flexibility index (Phi) is 7.33. The Morgan fingerprint density at radius 1 is 1.06 bits per heavy atom. The number of fused-ring (bicyclic) bond motifs is 5. The molecule has 5 aromatic rings. The molecule has 0 radical (unpaired) electrons. The van der Waals surface area contributed by atoms with Crippen molar-refractivity contribution < 1.29 is 13.9 Å². The Morgan fingerprint density at radius 3 is 2.79 bits per heavy atom. The van der Waals surface area contributed by atoms with Crippen LogP contribution in [0.5, 0.6) is 5.75 Å². The van der Waals surface area contributed by atoms with Gasteiger partial charge >= 0.3 is 5.76 Å². The normalized spacial score (nSPS) is 20.4. The van der Waals surface area contributed by atoms with Crippen molar-refractivity contribution >= 4 is 33.1 Å². The standard InChI is InChI=1S/C37H38N6O4S/c1-46-27-11-5-9-22-23(27)13-15-24(22)40-34-33-21(16-17-38-34)19-28(48-33)30-29(35-41-42-37(45)47-35)25(14-12-20-7-3-2-4-8-20)39-32-26-10-6-18-43(26)36(44)31(30)32/h5,9,11,16-17,19-20,24,26H,2-4,6-8,10,12-15,18H2,1H3,(H,38,40)(H,42,45)/t24-,26?/m1/s1. The van der Waals surface area contributed by atoms with E-state index in [1.807, 2.05) is 29.3 Å². The lowest BCUT2D eigenvalue weighted by Gasteiger charge is -2.22. The molecule has 4 aliphatic rings. The molecule has 2 fully saturated rings. The summed E-state index contributed by atoms with van der Waals surface area (Å²) >= 11 is 1.61. The van der Waals surface area contributed by atoms with Gasteiger partial charge < -0.3 is 19.4 Å². The van der Waals surface area contributed by atoms with Crippen LogP contribution in [0.3, 0.4) is 0 Å². The zero-order chi connectivity index (χ0) is 32.4. The van der Waals surface area contributed by atoms with Gasteiger partial charge in [-0.3, -0.25) is 9.78 Å². The van der Waals surface area contributed by atoms with Gasteiger partial charge in [-0.15, -0.1) is 16.4 Å². The Balaban J connectivity index is 1.19. The molecule has 1 aromatic carbocycles. The summed E-state index contributed by atoms with van der Waals surface area (Å²) in [5.74, 6) is 1.95. The molecule has 2 N–H and O–H groups in total. The number of aryl methyl sites for hydroxylation is 1. The molecule has 48 heavy (non-hydrogen) atoms. The van der Waals surface area contributed by atoms with E-state index in [4.69, 9.17) is 19.1 Å². The predicted molar refractivity (Wildman–Crippen MR) is 185 cm³/mol. The van der Waals surface area contributed by atoms with Crippen LogP contribution in [0.1, 0.15) is 103 Å². The number of methoxy groups -OCH3 is 1. The number of hydrogen-bond donors (Lipinski definition) is 2. The first-order valence-electron chi connectivity index (χ1n) is 17.3. The van der Waals surface area contributed by atoms with Gasteiger partial charge in [0.1, 0.15) is 11.6 Å². The van der Waals surface area contributed by atoms with Crippen LogP contribution in [0.15, 0.2) is 45.7 Å². The SMILES string of the molecule is COc1cccc2c1CC[C@H]2Nc1nccc2cc(-c3c4c(nc(CCC5CCCCC5)c3-c3n[nH]c(=O)o3)C3CCCN3C4=O)sc12. The van der Waals surface area contributed by atoms with E-state index in [-0.39, 0.29) is 23.9 Å². The Labute approximate surface area is 281 Å². The van der Waals surface area contributed by atoms with Gasteiger partial charge in [0, 0.05) is 23.2 Å². The fraction of sp³-hybridized carbons (Fsp3) is 0.432. The number of aromatic nitrogens is 4. The van der Waals surface area contributed by atoms with Crippen LogP contribution >= 0.6 is 11.3 Å². The third-order valence-corrected chi connectivity index (χ3v) is 12.1. The first-order chi connectivity index (χ1) is 23.6. The average Bonchev–Trinajstić information content (AvgIpc) is 3.95. The van der Waals surface area contributed by atoms with Crippen molar-refractivity contribution in [3.05, 3.63) is 75.2 Å². The van der Waals surface area contributed by atoms with Crippen LogP contribution in [0.4, 0.5) is 5.82 Å². The Morgan fingerprint density at radius 2 is 1.96 bits per heavy atom. The molecule has 11 heteroatoms. The average molecular weight is 663 g/mol. The highest BCUT2D eigenvalue weighted by atomic mass is 32.1. The number of aromatic amines is 1. The van der Waals surface area contributed by atoms with Crippen molar-refractivity contribution in [1.29, 1.82) is 0 Å². The van der Waals surface area contributed by atoms with Crippen molar-refractivity contribution in [2.45, 2.75) is 82.7 Å². The predicted octanol–water partition coefficient (Wildman–Crippen LogP) is 7.61. The number of thiophene rings is 1. The summed E-state index contributed by atoms with van der Waals surface area (Å²) in [6.07, 6.45) is 13.7. The number of nitrogens with zero attached hydrogens (tertiary/aromatic N) is 4. The number of H-pyrrole nitrogens is 1. The number of hydrogen-bond acceptors (Lipinski definition) is 9. The molecule has 1 saturated carbocycles. The molecule has 2 aliphatic heterocycles. The minimum atomic E-state index is -0.623. The van der Waals surface area contributed by atoms with E-state index >= 15 is 0 Å². The molecule has 6 heterocycles. The number of ether oxygens (including phenoxy) is 1. The molecule has 9 rings (SSSR count). The molecule has 1 saturated heterocycles. The molecule has 4 aromatic heterocycles. The van der Waals surface area contributed by atoms with E-state index < -0.39 is 5.76 Å². The van der Waals surface area contributed by atoms with Crippen molar-refractivity contribution in [2.75, 3.05) is 19.0 Å². The smallest absolute Gasteiger partial charge is 0.434 e. The maximum Gasteiger partial charge on any atom is 0.434 e. The maximum atomic E-state index is 14.2. The van der Waals surface area contributed by atoms with E-state index in [1.54, 1.807) is 18.4 Å². The molecule has 246 valence electrons. The summed E-state index contributed by atoms with van der Waals surface area (Å²) in [4.78, 5) is 39.5. The van der Waals surface area contributed by atoms with Crippen LogP contribution in [-0.2, 0) is 12.8 Å². The van der Waals surface area contributed by atoms with Crippen molar-refractivity contribution in [2.24, 2.45) is 5.92 Å². The minimum Gasteiger partial charge on any atom is -0.496 e. The summed E-state index contributed by atoms with van der Waals surface area (Å²) < 4.78 is 12.3. The van der Waals surface area contributed by atoms with Crippen molar-refractivity contribution in [1.82, 2.24) is 25.1 Å². The van der Waals surface area contributed by atoms with E-state index in [9.17, 15) is 9.59 Å². The summed E-state index contributed by atoms with van der Waals surface area (Å²) in [5.41, 5.74) is 6.25. The van der Waals surface area contributed by atoms with Crippen LogP contribution < -0.4 is 15.8 Å². The lowest BCUT2D eigenvalue weighted by molar-refractivity contribution is 0.0776. The monoisotopic (exact) mass is 662 g/mol. The molecule has 10 nitrogen and oxygen atoms in total. The molecular formula is C37H38N6O4S. The summed E-state index contributed by atoms with van der Waals surface area (Å²) in [6, 6.07) is 10.5. The Hall–Kier alpha value is -4.51. The number of nitrogens with one attached hydrogen (secondary N) is 2. The van der Waals surface area contributed by atoms with E-state index in [2.05, 4.69) is 27.6 Å². The first-order valence-corrected chi connectivity index (χ1v) is 18.1. The third-order valence-electron chi connectivity index (χ3n) is 10.9. The number of carbonyl (C=O) groups excluding carboxylic acids is 1. The minimum absolute atomic E-state index is 0.00148. The lowest BCUT2D eigenvalue weighted by Crippen LogP contribution is -2.22. The largest absolute Gasteiger partial charge is 0.496 e. The van der Waals surface area contributed by atoms with Gasteiger partial charge in [-0.05, 0) is 79.2 Å². The van der Waals surface area contributed by atoms with Crippen LogP contribution in [-0.4, -0.2) is 44.6 Å². The topological polar surface area (TPSA) is 126 Å². The summed E-state index contributed by atoms with van der Waals surface area (Å²) in [5, 5.41) is 11.6. The van der Waals surface area contributed by atoms with Gasteiger partial charge in [0.2, 0.25) is 0 Å². The van der Waals surface area contributed by atoms with E-state index in [1.165, 1.54) is 43.2 Å². The summed E-state index contributed by atoms with van der Waals surface area (Å²) in [6.45, 7) is 0.724. The molecule has 0 bridgehead atoms. The second-order valence-corrected chi connectivity index (χ2v) is 14.7. The fourth-order valence-electron chi connectivity index (χ4n) is 8.68. The molecule has 0 spiro atoms. The van der Waals surface area contributed by atoms with Gasteiger partial charge in [-0.2, -0.15) is 0 Å². The van der Waals surface area contributed by atoms with Gasteiger partial charge in [0.05, 0.1) is 46.4 Å². The quantitative estimate of drug-likeness (QED) is 0.174. The molecule has 1 amide bonds. The van der Waals surface area contributed by atoms with Gasteiger partial charge in [0.25, 0.3) is 11.8 Å². The fourth-order valence-corrected chi connectivity index (χ4v) is 9.84. The maximum absolute atomic E-state index is 14.2. The second kappa shape index (κ2) is 11.9. The Bertz CT molecular complexity index is 2110. The first kappa shape index (κ1) is 29.6. The third kappa shape index (κ3) is 4.84. The second-order valence-electron chi connectivity index (χ2n) is 13.6. The van der Waals surface area contributed by atoms with Gasteiger partial charge in [-0.25, -0.2) is 14.9 Å². The van der Waals surface area contributed by atoms with Crippen LogP contribution in [0.25, 0.3) is 32.0 Å². The number of amides is 1. The zero-order valence-electron chi connectivity index (χ0n) is 27.0. The van der Waals surface area contributed by atoms with E-state index in [0.29, 0.717) is 17.0 Å². The molecule has 1 unspecified atom stereocenters. The summed E-state index contributed by atoms with van der Waals surface area (Å²) in [7, 11) is 1.72. The number of rotatable bonds is 8. The highest BCUT2D eigenvalue weighted by Crippen LogP contribution is 2.51. The zero-order valence-corrected chi connectivity index (χ0v) is 27.8. The number of anilines is 1. The number of carbonyl (C=O) groups is 1. The molecular weight excluding hydrogens is 625 g/mol. The highest BCUT2D eigenvalue weighted by Gasteiger charge is 2.45. The highest BCUT2D eigenvalue weighted by molar-refractivity contribution is 7.23. The van der Waals surface area contributed by atoms with Gasteiger partial charge in [0.15, 0.2) is 0 Å². The van der Waals surface area contributed by atoms with Crippen LogP contribution in [0, 0.1) is 5.92 Å². The lowest BCUT2D eigenvalue weighted by atomic mass is 9.84. The van der Waals surface area contributed by atoms with Crippen LogP contribution in [0.2, 0.25) is 0 Å². The molecule has 2 aliphatic carbocycles. The van der Waals surface area contributed by atoms with Crippen molar-refractivity contribution in [3.63, 3.8) is 0 Å². The van der Waals surface area contributed by atoms with E-state index in [0.717, 1.165) is 88.6 Å². The number of pyridine rings is 2. The molecule has 2 atom stereocenters. The van der Waals surface area contributed by atoms with Gasteiger partial charge in [-0.1, -0.05) is 44.2 Å². The van der Waals surface area contributed by atoms with Crippen molar-refractivity contribution in [3.8, 4) is 27.6 Å².